The SMILES string of the molecule is CON(C)S(=O)(=O)c1ccc2c(c1)CCCN2C(C)=O. The van der Waals surface area contributed by atoms with Crippen LogP contribution >= 0.6 is 0 Å². The third-order valence-corrected chi connectivity index (χ3v) is 5.12. The summed E-state index contributed by atoms with van der Waals surface area (Å²) < 4.78 is 25.2. The molecule has 1 aliphatic heterocycles. The first-order valence-electron chi connectivity index (χ1n) is 6.32. The van der Waals surface area contributed by atoms with Crippen molar-refractivity contribution in [2.75, 3.05) is 25.6 Å². The molecule has 20 heavy (non-hydrogen) atoms. The number of nitrogens with zero attached hydrogens (tertiary/aromatic N) is 2. The third-order valence-electron chi connectivity index (χ3n) is 3.44. The number of carbonyl (C=O) groups is 1. The molecule has 1 aromatic carbocycles. The molecule has 0 aromatic heterocycles. The van der Waals surface area contributed by atoms with Crippen LogP contribution in [0.3, 0.4) is 0 Å². The number of hydrogen-bond donors (Lipinski definition) is 0. The van der Waals surface area contributed by atoms with Crippen LogP contribution in [0.5, 0.6) is 0 Å². The molecule has 0 aliphatic carbocycles. The van der Waals surface area contributed by atoms with Crippen molar-refractivity contribution in [1.29, 1.82) is 0 Å². The Balaban J connectivity index is 2.45. The number of aryl methyl sites for hydroxylation is 1. The van der Waals surface area contributed by atoms with Gasteiger partial charge < -0.3 is 4.90 Å². The molecular weight excluding hydrogens is 280 g/mol. The van der Waals surface area contributed by atoms with Crippen molar-refractivity contribution in [2.45, 2.75) is 24.7 Å². The summed E-state index contributed by atoms with van der Waals surface area (Å²) in [5.74, 6) is -0.0319. The van der Waals surface area contributed by atoms with Crippen LogP contribution in [0, 0.1) is 0 Å². The van der Waals surface area contributed by atoms with Crippen LogP contribution in [0.25, 0.3) is 0 Å². The van der Waals surface area contributed by atoms with Crippen molar-refractivity contribution in [3.63, 3.8) is 0 Å². The van der Waals surface area contributed by atoms with Gasteiger partial charge in [-0.3, -0.25) is 9.63 Å². The van der Waals surface area contributed by atoms with E-state index < -0.39 is 10.0 Å². The summed E-state index contributed by atoms with van der Waals surface area (Å²) in [5, 5.41) is 0. The highest BCUT2D eigenvalue weighted by atomic mass is 32.2. The van der Waals surface area contributed by atoms with Crippen molar-refractivity contribution in [2.24, 2.45) is 0 Å². The van der Waals surface area contributed by atoms with Gasteiger partial charge in [-0.1, -0.05) is 4.47 Å². The van der Waals surface area contributed by atoms with Crippen LogP contribution in [0.15, 0.2) is 23.1 Å². The molecule has 0 unspecified atom stereocenters. The molecule has 1 aromatic rings. The maximum Gasteiger partial charge on any atom is 0.264 e. The smallest absolute Gasteiger partial charge is 0.264 e. The second-order valence-corrected chi connectivity index (χ2v) is 6.60. The van der Waals surface area contributed by atoms with Gasteiger partial charge in [0.1, 0.15) is 0 Å². The number of hydrogen-bond acceptors (Lipinski definition) is 4. The summed E-state index contributed by atoms with van der Waals surface area (Å²) in [5.41, 5.74) is 1.67. The summed E-state index contributed by atoms with van der Waals surface area (Å²) in [7, 11) is -1.01. The second kappa shape index (κ2) is 5.51. The van der Waals surface area contributed by atoms with Crippen LogP contribution < -0.4 is 4.90 Å². The normalized spacial score (nSPS) is 15.3. The molecule has 7 heteroatoms. The van der Waals surface area contributed by atoms with Gasteiger partial charge in [0.2, 0.25) is 5.91 Å². The van der Waals surface area contributed by atoms with Crippen molar-refractivity contribution in [3.8, 4) is 0 Å². The zero-order valence-corrected chi connectivity index (χ0v) is 12.6. The van der Waals surface area contributed by atoms with E-state index in [0.29, 0.717) is 6.54 Å². The van der Waals surface area contributed by atoms with Crippen molar-refractivity contribution < 1.29 is 18.0 Å². The highest BCUT2D eigenvalue weighted by molar-refractivity contribution is 7.89. The lowest BCUT2D eigenvalue weighted by Crippen LogP contribution is -2.33. The molecule has 0 bridgehead atoms. The summed E-state index contributed by atoms with van der Waals surface area (Å²) >= 11 is 0. The van der Waals surface area contributed by atoms with Crippen LogP contribution in [0.2, 0.25) is 0 Å². The summed E-state index contributed by atoms with van der Waals surface area (Å²) in [6.45, 7) is 2.19. The lowest BCUT2D eigenvalue weighted by Gasteiger charge is -2.29. The molecular formula is C13H18N2O4S. The van der Waals surface area contributed by atoms with Crippen molar-refractivity contribution >= 4 is 21.6 Å². The molecule has 1 aliphatic rings. The molecule has 1 amide bonds. The fourth-order valence-electron chi connectivity index (χ4n) is 2.31. The Morgan fingerprint density at radius 3 is 2.70 bits per heavy atom. The Hall–Kier alpha value is -1.44. The first kappa shape index (κ1) is 15.0. The van der Waals surface area contributed by atoms with Gasteiger partial charge >= 0.3 is 0 Å². The minimum Gasteiger partial charge on any atom is -0.312 e. The van der Waals surface area contributed by atoms with E-state index in [2.05, 4.69) is 0 Å². The van der Waals surface area contributed by atoms with Gasteiger partial charge in [0.25, 0.3) is 10.0 Å². The lowest BCUT2D eigenvalue weighted by molar-refractivity contribution is -0.116. The van der Waals surface area contributed by atoms with Crippen LogP contribution in [0.1, 0.15) is 18.9 Å². The fraction of sp³-hybridized carbons (Fsp3) is 0.462. The van der Waals surface area contributed by atoms with Crippen molar-refractivity contribution in [3.05, 3.63) is 23.8 Å². The van der Waals surface area contributed by atoms with E-state index in [9.17, 15) is 13.2 Å². The van der Waals surface area contributed by atoms with E-state index in [-0.39, 0.29) is 10.8 Å². The standard InChI is InChI=1S/C13H18N2O4S/c1-10(16)15-8-4-5-11-9-12(6-7-13(11)15)20(17,18)14(2)19-3/h6-7,9H,4-5,8H2,1-3H3. The van der Waals surface area contributed by atoms with E-state index in [0.717, 1.165) is 28.6 Å². The quantitative estimate of drug-likeness (QED) is 0.786. The molecule has 0 N–H and O–H groups in total. The number of sulfonamides is 1. The van der Waals surface area contributed by atoms with Gasteiger partial charge in [-0.2, -0.15) is 0 Å². The minimum atomic E-state index is -3.65. The molecule has 0 spiro atoms. The Kier molecular flexibility index (Phi) is 4.12. The van der Waals surface area contributed by atoms with E-state index in [1.165, 1.54) is 27.1 Å². The van der Waals surface area contributed by atoms with Crippen LogP contribution in [-0.4, -0.2) is 39.5 Å². The van der Waals surface area contributed by atoms with Crippen LogP contribution in [0.4, 0.5) is 5.69 Å². The van der Waals surface area contributed by atoms with Gasteiger partial charge in [0, 0.05) is 26.2 Å². The van der Waals surface area contributed by atoms with Gasteiger partial charge in [-0.25, -0.2) is 8.42 Å². The molecule has 0 fully saturated rings. The van der Waals surface area contributed by atoms with E-state index in [4.69, 9.17) is 4.84 Å². The first-order chi connectivity index (χ1) is 9.37. The molecule has 110 valence electrons. The number of amides is 1. The number of anilines is 1. The average Bonchev–Trinajstić information content (AvgIpc) is 2.44. The molecule has 0 atom stereocenters. The van der Waals surface area contributed by atoms with Crippen molar-refractivity contribution in [1.82, 2.24) is 4.47 Å². The summed E-state index contributed by atoms with van der Waals surface area (Å²) in [6.07, 6.45) is 1.59. The van der Waals surface area contributed by atoms with E-state index in [1.54, 1.807) is 17.0 Å². The summed E-state index contributed by atoms with van der Waals surface area (Å²) in [4.78, 5) is 18.2. The number of carbonyl (C=O) groups excluding carboxylic acids is 1. The zero-order chi connectivity index (χ0) is 14.9. The molecule has 0 saturated carbocycles. The predicted octanol–water partition coefficient (Wildman–Crippen LogP) is 1.17. The molecule has 6 nitrogen and oxygen atoms in total. The average molecular weight is 298 g/mol. The topological polar surface area (TPSA) is 66.9 Å². The van der Waals surface area contributed by atoms with Gasteiger partial charge in [0.05, 0.1) is 12.0 Å². The first-order valence-corrected chi connectivity index (χ1v) is 7.76. The maximum atomic E-state index is 12.2. The Morgan fingerprint density at radius 1 is 1.40 bits per heavy atom. The monoisotopic (exact) mass is 298 g/mol. The fourth-order valence-corrected chi connectivity index (χ4v) is 3.33. The van der Waals surface area contributed by atoms with Gasteiger partial charge in [0.15, 0.2) is 0 Å². The molecule has 2 rings (SSSR count). The van der Waals surface area contributed by atoms with E-state index in [1.807, 2.05) is 0 Å². The van der Waals surface area contributed by atoms with Gasteiger partial charge in [-0.15, -0.1) is 0 Å². The zero-order valence-electron chi connectivity index (χ0n) is 11.8. The maximum absolute atomic E-state index is 12.2. The van der Waals surface area contributed by atoms with Crippen LogP contribution in [-0.2, 0) is 26.1 Å². The Morgan fingerprint density at radius 2 is 2.10 bits per heavy atom. The molecule has 0 saturated heterocycles. The predicted molar refractivity (Wildman–Crippen MR) is 74.7 cm³/mol. The Bertz CT molecular complexity index is 627. The second-order valence-electron chi connectivity index (χ2n) is 4.66. The largest absolute Gasteiger partial charge is 0.312 e. The third kappa shape index (κ3) is 2.56. The molecule has 0 radical (unpaired) electrons. The summed E-state index contributed by atoms with van der Waals surface area (Å²) in [6, 6.07) is 4.81. The number of hydroxylamine groups is 1. The molecule has 1 heterocycles. The number of fused-ring (bicyclic) bond motifs is 1. The van der Waals surface area contributed by atoms with Gasteiger partial charge in [-0.05, 0) is 36.6 Å². The number of rotatable bonds is 3. The highest BCUT2D eigenvalue weighted by Crippen LogP contribution is 2.30. The lowest BCUT2D eigenvalue weighted by atomic mass is 10.0. The minimum absolute atomic E-state index is 0.0319. The van der Waals surface area contributed by atoms with E-state index >= 15 is 0 Å². The number of benzene rings is 1. The Labute approximate surface area is 118 Å². The highest BCUT2D eigenvalue weighted by Gasteiger charge is 2.25.